The normalized spacial score (nSPS) is 12.5. The van der Waals surface area contributed by atoms with Gasteiger partial charge in [-0.2, -0.15) is 5.10 Å². The molecule has 0 amide bonds. The van der Waals surface area contributed by atoms with Gasteiger partial charge in [-0.1, -0.05) is 18.2 Å². The summed E-state index contributed by atoms with van der Waals surface area (Å²) >= 11 is 1.02. The summed E-state index contributed by atoms with van der Waals surface area (Å²) in [4.78, 5) is 0.175. The molecule has 174 valence electrons. The third-order valence-electron chi connectivity index (χ3n) is 5.11. The molecule has 4 rings (SSSR count). The molecule has 0 saturated heterocycles. The second-order valence-electron chi connectivity index (χ2n) is 7.46. The van der Waals surface area contributed by atoms with Gasteiger partial charge in [0.25, 0.3) is 0 Å². The molecule has 0 aliphatic rings. The number of hydrogen-bond donors (Lipinski definition) is 1. The van der Waals surface area contributed by atoms with E-state index in [9.17, 15) is 16.8 Å². The first-order valence-corrected chi connectivity index (χ1v) is 13.6. The number of aromatic nitrogens is 2. The van der Waals surface area contributed by atoms with Gasteiger partial charge in [0, 0.05) is 19.7 Å². The number of sulfonamides is 2. The lowest BCUT2D eigenvalue weighted by Gasteiger charge is -2.12. The molecule has 0 atom stereocenters. The van der Waals surface area contributed by atoms with Crippen molar-refractivity contribution < 1.29 is 21.6 Å². The number of hydrogen-bond acceptors (Lipinski definition) is 7. The van der Waals surface area contributed by atoms with E-state index < -0.39 is 20.0 Å². The van der Waals surface area contributed by atoms with Crippen molar-refractivity contribution >= 4 is 42.3 Å². The number of nitrogens with two attached hydrogens (primary N) is 1. The molecule has 0 fully saturated rings. The van der Waals surface area contributed by atoms with Crippen LogP contribution in [0.5, 0.6) is 5.75 Å². The maximum absolute atomic E-state index is 12.5. The van der Waals surface area contributed by atoms with Crippen LogP contribution in [0.3, 0.4) is 0 Å². The van der Waals surface area contributed by atoms with Crippen LogP contribution < -0.4 is 9.88 Å². The molecule has 0 saturated carbocycles. The average molecular weight is 507 g/mol. The Kier molecular flexibility index (Phi) is 6.05. The van der Waals surface area contributed by atoms with Gasteiger partial charge in [0.05, 0.1) is 29.5 Å². The van der Waals surface area contributed by atoms with Gasteiger partial charge in [-0.25, -0.2) is 26.3 Å². The van der Waals surface area contributed by atoms with Crippen LogP contribution >= 0.6 is 11.3 Å². The number of methoxy groups -OCH3 is 1. The maximum atomic E-state index is 12.5. The predicted molar refractivity (Wildman–Crippen MR) is 127 cm³/mol. The van der Waals surface area contributed by atoms with Crippen LogP contribution in [0.2, 0.25) is 0 Å². The Labute approximate surface area is 196 Å². The molecule has 0 unspecified atom stereocenters. The van der Waals surface area contributed by atoms with Crippen LogP contribution in [0.25, 0.3) is 22.2 Å². The standard InChI is InChI=1S/C21H22N4O5S3/c1-24(2)33(28,29)15-7-4-6-14(12-15)13-25-17-8-5-9-18(30-3)19(17)20(23-25)16-10-11-31-21(16)32(22,26)27/h4-12H,13H2,1-3H3,(H2,22,26,27). The fourth-order valence-electron chi connectivity index (χ4n) is 3.56. The largest absolute Gasteiger partial charge is 0.496 e. The fourth-order valence-corrected chi connectivity index (χ4v) is 6.32. The quantitative estimate of drug-likeness (QED) is 0.411. The Hall–Kier alpha value is -2.77. The molecule has 33 heavy (non-hydrogen) atoms. The molecule has 2 aromatic carbocycles. The van der Waals surface area contributed by atoms with Crippen LogP contribution in [0, 0.1) is 0 Å². The highest BCUT2D eigenvalue weighted by Crippen LogP contribution is 2.39. The summed E-state index contributed by atoms with van der Waals surface area (Å²) in [5.74, 6) is 0.532. The zero-order chi connectivity index (χ0) is 24.0. The third kappa shape index (κ3) is 4.27. The monoisotopic (exact) mass is 506 g/mol. The molecular weight excluding hydrogens is 484 g/mol. The van der Waals surface area contributed by atoms with Crippen molar-refractivity contribution in [2.45, 2.75) is 15.6 Å². The molecule has 2 N–H and O–H groups in total. The molecule has 0 bridgehead atoms. The number of benzene rings is 2. The molecule has 0 aliphatic heterocycles. The Morgan fingerprint density at radius 2 is 1.82 bits per heavy atom. The summed E-state index contributed by atoms with van der Waals surface area (Å²) in [7, 11) is -3.06. The molecule has 0 aliphatic carbocycles. The van der Waals surface area contributed by atoms with Crippen molar-refractivity contribution in [1.29, 1.82) is 0 Å². The zero-order valence-electron chi connectivity index (χ0n) is 18.1. The number of nitrogens with zero attached hydrogens (tertiary/aromatic N) is 3. The van der Waals surface area contributed by atoms with Crippen molar-refractivity contribution in [3.8, 4) is 17.0 Å². The zero-order valence-corrected chi connectivity index (χ0v) is 20.5. The number of rotatable bonds is 7. The third-order valence-corrected chi connectivity index (χ3v) is 9.35. The van der Waals surface area contributed by atoms with Gasteiger partial charge < -0.3 is 4.74 Å². The number of ether oxygens (including phenoxy) is 1. The predicted octanol–water partition coefficient (Wildman–Crippen LogP) is 2.72. The minimum atomic E-state index is -3.95. The lowest BCUT2D eigenvalue weighted by molar-refractivity contribution is 0.420. The molecule has 2 heterocycles. The maximum Gasteiger partial charge on any atom is 0.248 e. The highest BCUT2D eigenvalue weighted by atomic mass is 32.2. The average Bonchev–Trinajstić information content (AvgIpc) is 3.39. The second-order valence-corrected chi connectivity index (χ2v) is 12.3. The minimum absolute atomic E-state index is 0.0130. The molecular formula is C21H22N4O5S3. The van der Waals surface area contributed by atoms with Crippen molar-refractivity contribution in [2.24, 2.45) is 5.14 Å². The van der Waals surface area contributed by atoms with Crippen LogP contribution in [0.4, 0.5) is 0 Å². The first-order chi connectivity index (χ1) is 15.5. The van der Waals surface area contributed by atoms with Crippen LogP contribution in [-0.2, 0) is 26.6 Å². The molecule has 2 aromatic heterocycles. The van der Waals surface area contributed by atoms with Gasteiger partial charge in [0.15, 0.2) is 0 Å². The summed E-state index contributed by atoms with van der Waals surface area (Å²) in [5.41, 5.74) is 2.23. The van der Waals surface area contributed by atoms with Crippen molar-refractivity contribution in [1.82, 2.24) is 14.1 Å². The Morgan fingerprint density at radius 3 is 2.48 bits per heavy atom. The smallest absolute Gasteiger partial charge is 0.248 e. The Balaban J connectivity index is 1.89. The first-order valence-electron chi connectivity index (χ1n) is 9.69. The number of fused-ring (bicyclic) bond motifs is 1. The van der Waals surface area contributed by atoms with E-state index in [0.717, 1.165) is 15.6 Å². The summed E-state index contributed by atoms with van der Waals surface area (Å²) in [6.07, 6.45) is 0. The van der Waals surface area contributed by atoms with E-state index in [1.807, 2.05) is 18.2 Å². The van der Waals surface area contributed by atoms with E-state index >= 15 is 0 Å². The van der Waals surface area contributed by atoms with E-state index in [2.05, 4.69) is 0 Å². The molecule has 0 spiro atoms. The van der Waals surface area contributed by atoms with E-state index in [1.54, 1.807) is 34.3 Å². The van der Waals surface area contributed by atoms with E-state index in [1.165, 1.54) is 27.3 Å². The number of primary sulfonamides is 1. The van der Waals surface area contributed by atoms with E-state index in [-0.39, 0.29) is 15.6 Å². The van der Waals surface area contributed by atoms with Crippen LogP contribution in [0.15, 0.2) is 63.0 Å². The van der Waals surface area contributed by atoms with Crippen molar-refractivity contribution in [3.05, 3.63) is 59.5 Å². The van der Waals surface area contributed by atoms with E-state index in [0.29, 0.717) is 33.5 Å². The first kappa shape index (κ1) is 23.4. The topological polar surface area (TPSA) is 125 Å². The van der Waals surface area contributed by atoms with Gasteiger partial charge in [-0.15, -0.1) is 11.3 Å². The minimum Gasteiger partial charge on any atom is -0.496 e. The van der Waals surface area contributed by atoms with Crippen molar-refractivity contribution in [2.75, 3.05) is 21.2 Å². The highest BCUT2D eigenvalue weighted by molar-refractivity contribution is 7.91. The van der Waals surface area contributed by atoms with E-state index in [4.69, 9.17) is 15.0 Å². The molecule has 4 aromatic rings. The van der Waals surface area contributed by atoms with Gasteiger partial charge in [0.1, 0.15) is 15.7 Å². The SMILES string of the molecule is COc1cccc2c1c(-c1ccsc1S(N)(=O)=O)nn2Cc1cccc(S(=O)(=O)N(C)C)c1. The lowest BCUT2D eigenvalue weighted by atomic mass is 10.1. The van der Waals surface area contributed by atoms with Gasteiger partial charge >= 0.3 is 0 Å². The van der Waals surface area contributed by atoms with Gasteiger partial charge in [-0.05, 0) is 41.3 Å². The molecule has 9 nitrogen and oxygen atoms in total. The summed E-state index contributed by atoms with van der Waals surface area (Å²) in [6.45, 7) is 0.259. The second kappa shape index (κ2) is 8.54. The number of thiophene rings is 1. The Morgan fingerprint density at radius 1 is 1.09 bits per heavy atom. The summed E-state index contributed by atoms with van der Waals surface area (Å²) in [6, 6.07) is 13.7. The highest BCUT2D eigenvalue weighted by Gasteiger charge is 2.24. The van der Waals surface area contributed by atoms with Gasteiger partial charge in [-0.3, -0.25) is 4.68 Å². The van der Waals surface area contributed by atoms with Crippen molar-refractivity contribution in [3.63, 3.8) is 0 Å². The summed E-state index contributed by atoms with van der Waals surface area (Å²) in [5, 5.41) is 12.4. The van der Waals surface area contributed by atoms with Crippen LogP contribution in [0.1, 0.15) is 5.56 Å². The fraction of sp³-hybridized carbons (Fsp3) is 0.190. The molecule has 12 heteroatoms. The molecule has 0 radical (unpaired) electrons. The lowest BCUT2D eigenvalue weighted by Crippen LogP contribution is -2.22. The summed E-state index contributed by atoms with van der Waals surface area (Å²) < 4.78 is 57.7. The Bertz CT molecular complexity index is 1550. The van der Waals surface area contributed by atoms with Gasteiger partial charge in [0.2, 0.25) is 20.0 Å². The van der Waals surface area contributed by atoms with Crippen LogP contribution in [-0.4, -0.2) is 52.1 Å².